The van der Waals surface area contributed by atoms with E-state index in [9.17, 15) is 8.42 Å². The Kier molecular flexibility index (Phi) is 6.53. The van der Waals surface area contributed by atoms with E-state index in [-0.39, 0.29) is 9.79 Å². The van der Waals surface area contributed by atoms with Crippen LogP contribution in [-0.2, 0) is 9.84 Å². The normalized spacial score (nSPS) is 11.2. The van der Waals surface area contributed by atoms with E-state index in [1.54, 1.807) is 55.3 Å². The molecule has 0 aromatic heterocycles. The Morgan fingerprint density at radius 3 is 1.47 bits per heavy atom. The first-order chi connectivity index (χ1) is 15.4. The highest BCUT2D eigenvalue weighted by Gasteiger charge is 2.17. The van der Waals surface area contributed by atoms with Crippen LogP contribution in [0.4, 0.5) is 0 Å². The van der Waals surface area contributed by atoms with Crippen molar-refractivity contribution < 1.29 is 17.9 Å². The zero-order valence-corrected chi connectivity index (χ0v) is 19.3. The molecule has 0 aliphatic heterocycles. The number of benzene rings is 4. The lowest BCUT2D eigenvalue weighted by Gasteiger charge is -2.09. The van der Waals surface area contributed by atoms with Crippen LogP contribution in [0.25, 0.3) is 0 Å². The van der Waals surface area contributed by atoms with Crippen LogP contribution in [0, 0.1) is 6.92 Å². The summed E-state index contributed by atoms with van der Waals surface area (Å²) in [5.74, 6) is 1.86. The van der Waals surface area contributed by atoms with Crippen LogP contribution in [0.15, 0.2) is 117 Å². The van der Waals surface area contributed by atoms with Gasteiger partial charge in [-0.05, 0) is 91.9 Å². The van der Waals surface area contributed by atoms with E-state index in [2.05, 4.69) is 31.2 Å². The smallest absolute Gasteiger partial charge is 0.206 e. The summed E-state index contributed by atoms with van der Waals surface area (Å²) in [6.07, 6.45) is 0. The fraction of sp³-hybridized carbons (Fsp3) is 0.0769. The minimum atomic E-state index is -3.61. The van der Waals surface area contributed by atoms with Gasteiger partial charge < -0.3 is 9.47 Å². The summed E-state index contributed by atoms with van der Waals surface area (Å²) in [6, 6.07) is 29.0. The van der Waals surface area contributed by atoms with E-state index < -0.39 is 9.84 Å². The van der Waals surface area contributed by atoms with Gasteiger partial charge in [0.15, 0.2) is 0 Å². The van der Waals surface area contributed by atoms with Gasteiger partial charge >= 0.3 is 0 Å². The summed E-state index contributed by atoms with van der Waals surface area (Å²) >= 11 is 1.69. The van der Waals surface area contributed by atoms with Gasteiger partial charge in [-0.2, -0.15) is 0 Å². The Labute approximate surface area is 192 Å². The molecule has 0 N–H and O–H groups in total. The first-order valence-corrected chi connectivity index (χ1v) is 12.3. The zero-order valence-electron chi connectivity index (χ0n) is 17.7. The lowest BCUT2D eigenvalue weighted by Crippen LogP contribution is -2.01. The molecular weight excluding hydrogens is 440 g/mol. The second-order valence-electron chi connectivity index (χ2n) is 7.14. The average molecular weight is 463 g/mol. The van der Waals surface area contributed by atoms with Gasteiger partial charge in [0.05, 0.1) is 16.9 Å². The maximum Gasteiger partial charge on any atom is 0.206 e. The highest BCUT2D eigenvalue weighted by molar-refractivity contribution is 7.99. The highest BCUT2D eigenvalue weighted by atomic mass is 32.2. The molecule has 32 heavy (non-hydrogen) atoms. The highest BCUT2D eigenvalue weighted by Crippen LogP contribution is 2.31. The number of hydrogen-bond acceptors (Lipinski definition) is 5. The van der Waals surface area contributed by atoms with E-state index in [0.29, 0.717) is 17.2 Å². The number of hydrogen-bond donors (Lipinski definition) is 0. The second-order valence-corrected chi connectivity index (χ2v) is 10.2. The number of rotatable bonds is 7. The lowest BCUT2D eigenvalue weighted by atomic mass is 10.2. The Morgan fingerprint density at radius 1 is 0.594 bits per heavy atom. The van der Waals surface area contributed by atoms with Crippen LogP contribution in [0.3, 0.4) is 0 Å². The standard InChI is InChI=1S/C26H22O4S2/c1-19-3-11-23(12-4-19)31-24-13-5-21(6-14-24)30-22-9-17-26(18-10-22)32(27,28)25-15-7-20(29-2)8-16-25/h3-18H,1-2H3. The summed E-state index contributed by atoms with van der Waals surface area (Å²) in [5.41, 5.74) is 1.24. The molecule has 0 fully saturated rings. The van der Waals surface area contributed by atoms with Crippen molar-refractivity contribution in [3.05, 3.63) is 103 Å². The summed E-state index contributed by atoms with van der Waals surface area (Å²) in [7, 11) is -2.07. The van der Waals surface area contributed by atoms with Gasteiger partial charge in [-0.15, -0.1) is 0 Å². The van der Waals surface area contributed by atoms with Gasteiger partial charge in [-0.25, -0.2) is 8.42 Å². The van der Waals surface area contributed by atoms with Crippen LogP contribution in [0.5, 0.6) is 17.2 Å². The fourth-order valence-corrected chi connectivity index (χ4v) is 5.11. The first kappa shape index (κ1) is 22.0. The van der Waals surface area contributed by atoms with Gasteiger partial charge in [0.2, 0.25) is 9.84 Å². The summed E-state index contributed by atoms with van der Waals surface area (Å²) in [4.78, 5) is 2.72. The Hall–Kier alpha value is -3.22. The molecule has 0 spiro atoms. The van der Waals surface area contributed by atoms with Crippen LogP contribution in [0.2, 0.25) is 0 Å². The maximum absolute atomic E-state index is 12.8. The SMILES string of the molecule is COc1ccc(S(=O)(=O)c2ccc(Oc3ccc(Sc4ccc(C)cc4)cc3)cc2)cc1. The predicted molar refractivity (Wildman–Crippen MR) is 127 cm³/mol. The molecule has 0 aliphatic rings. The Morgan fingerprint density at radius 2 is 1.00 bits per heavy atom. The molecule has 0 unspecified atom stereocenters. The van der Waals surface area contributed by atoms with Crippen molar-refractivity contribution in [1.29, 1.82) is 0 Å². The lowest BCUT2D eigenvalue weighted by molar-refractivity contribution is 0.414. The third kappa shape index (κ3) is 5.15. The summed E-state index contributed by atoms with van der Waals surface area (Å²) in [5, 5.41) is 0. The van der Waals surface area contributed by atoms with E-state index >= 15 is 0 Å². The number of sulfone groups is 1. The van der Waals surface area contributed by atoms with E-state index in [0.717, 1.165) is 4.90 Å². The third-order valence-corrected chi connectivity index (χ3v) is 7.62. The first-order valence-electron chi connectivity index (χ1n) is 9.96. The van der Waals surface area contributed by atoms with Crippen LogP contribution < -0.4 is 9.47 Å². The minimum absolute atomic E-state index is 0.208. The van der Waals surface area contributed by atoms with Gasteiger partial charge in [0.1, 0.15) is 17.2 Å². The number of methoxy groups -OCH3 is 1. The second kappa shape index (κ2) is 9.51. The van der Waals surface area contributed by atoms with Crippen molar-refractivity contribution >= 4 is 21.6 Å². The summed E-state index contributed by atoms with van der Waals surface area (Å²) in [6.45, 7) is 2.07. The van der Waals surface area contributed by atoms with Crippen LogP contribution >= 0.6 is 11.8 Å². The molecule has 4 aromatic rings. The molecule has 0 amide bonds. The molecule has 0 saturated carbocycles. The molecular formula is C26H22O4S2. The number of aryl methyl sites for hydroxylation is 1. The van der Waals surface area contributed by atoms with E-state index in [1.807, 2.05) is 24.3 Å². The van der Waals surface area contributed by atoms with Gasteiger partial charge in [0.25, 0.3) is 0 Å². The van der Waals surface area contributed by atoms with E-state index in [4.69, 9.17) is 9.47 Å². The zero-order chi connectivity index (χ0) is 22.6. The Bertz CT molecular complexity index is 1280. The molecule has 0 heterocycles. The topological polar surface area (TPSA) is 52.6 Å². The van der Waals surface area contributed by atoms with Crippen molar-refractivity contribution in [3.8, 4) is 17.2 Å². The molecule has 162 valence electrons. The molecule has 0 atom stereocenters. The fourth-order valence-electron chi connectivity index (χ4n) is 3.03. The summed E-state index contributed by atoms with van der Waals surface area (Å²) < 4.78 is 36.6. The third-order valence-electron chi connectivity index (χ3n) is 4.82. The minimum Gasteiger partial charge on any atom is -0.497 e. The number of ether oxygens (including phenoxy) is 2. The molecule has 0 radical (unpaired) electrons. The van der Waals surface area contributed by atoms with Crippen molar-refractivity contribution in [2.75, 3.05) is 7.11 Å². The van der Waals surface area contributed by atoms with Gasteiger partial charge in [0, 0.05) is 9.79 Å². The van der Waals surface area contributed by atoms with Crippen LogP contribution in [-0.4, -0.2) is 15.5 Å². The van der Waals surface area contributed by atoms with Crippen molar-refractivity contribution in [1.82, 2.24) is 0 Å². The molecule has 6 heteroatoms. The van der Waals surface area contributed by atoms with E-state index in [1.165, 1.54) is 22.6 Å². The average Bonchev–Trinajstić information content (AvgIpc) is 2.82. The quantitative estimate of drug-likeness (QED) is 0.303. The predicted octanol–water partition coefficient (Wildman–Crippen LogP) is 6.78. The molecule has 4 rings (SSSR count). The van der Waals surface area contributed by atoms with Crippen molar-refractivity contribution in [2.45, 2.75) is 26.5 Å². The largest absolute Gasteiger partial charge is 0.497 e. The van der Waals surface area contributed by atoms with Gasteiger partial charge in [-0.1, -0.05) is 29.5 Å². The molecule has 4 aromatic carbocycles. The monoisotopic (exact) mass is 462 g/mol. The molecule has 0 aliphatic carbocycles. The Balaban J connectivity index is 1.43. The van der Waals surface area contributed by atoms with Gasteiger partial charge in [-0.3, -0.25) is 0 Å². The molecule has 0 bridgehead atoms. The van der Waals surface area contributed by atoms with Crippen LogP contribution in [0.1, 0.15) is 5.56 Å². The van der Waals surface area contributed by atoms with Crippen molar-refractivity contribution in [2.24, 2.45) is 0 Å². The van der Waals surface area contributed by atoms with Crippen molar-refractivity contribution in [3.63, 3.8) is 0 Å². The molecule has 0 saturated heterocycles. The molecule has 4 nitrogen and oxygen atoms in total. The maximum atomic E-state index is 12.8.